The van der Waals surface area contributed by atoms with Crippen molar-refractivity contribution < 1.29 is 18.3 Å². The van der Waals surface area contributed by atoms with Crippen molar-refractivity contribution in [3.05, 3.63) is 55.0 Å². The Morgan fingerprint density at radius 2 is 1.83 bits per heavy atom. The van der Waals surface area contributed by atoms with Crippen LogP contribution < -0.4 is 14.8 Å². The molecule has 0 fully saturated rings. The number of nitrogens with one attached hydrogen (secondary N) is 2. The lowest BCUT2D eigenvalue weighted by atomic mass is 10.1. The molecule has 6 rings (SSSR count). The van der Waals surface area contributed by atoms with Crippen molar-refractivity contribution >= 4 is 11.5 Å². The number of aromatic nitrogens is 4. The second-order valence-electron chi connectivity index (χ2n) is 6.56. The van der Waals surface area contributed by atoms with E-state index in [2.05, 4.69) is 25.0 Å². The predicted octanol–water partition coefficient (Wildman–Crippen LogP) is 4.58. The highest BCUT2D eigenvalue weighted by atomic mass is 19.3. The fraction of sp³-hybridized carbons (Fsp3) is 0.0500. The van der Waals surface area contributed by atoms with Crippen molar-refractivity contribution in [3.63, 3.8) is 0 Å². The van der Waals surface area contributed by atoms with E-state index in [4.69, 9.17) is 9.72 Å². The van der Waals surface area contributed by atoms with E-state index in [-0.39, 0.29) is 11.5 Å². The van der Waals surface area contributed by atoms with E-state index in [9.17, 15) is 8.78 Å². The van der Waals surface area contributed by atoms with Crippen LogP contribution in [0.1, 0.15) is 0 Å². The number of fused-ring (bicyclic) bond motifs is 6. The molecule has 9 heteroatoms. The number of rotatable bonds is 1. The van der Waals surface area contributed by atoms with Gasteiger partial charge in [-0.05, 0) is 30.3 Å². The first-order valence-corrected chi connectivity index (χ1v) is 8.75. The molecule has 0 aliphatic carbocycles. The SMILES string of the molecule is FC1(F)Oc2cccc(-c3nc4c([nH]3)-c3ccncc3Nc3ncccc3-4)c2O1. The molecule has 7 nitrogen and oxygen atoms in total. The molecule has 0 saturated carbocycles. The average Bonchev–Trinajstić information content (AvgIpc) is 3.25. The first-order chi connectivity index (χ1) is 14.1. The van der Waals surface area contributed by atoms with Crippen LogP contribution in [-0.2, 0) is 0 Å². The van der Waals surface area contributed by atoms with Gasteiger partial charge in [-0.3, -0.25) is 4.98 Å². The number of aromatic amines is 1. The molecule has 0 bridgehead atoms. The number of H-pyrrole nitrogens is 1. The van der Waals surface area contributed by atoms with Crippen molar-refractivity contribution in [2.75, 3.05) is 5.32 Å². The number of benzene rings is 1. The van der Waals surface area contributed by atoms with E-state index >= 15 is 0 Å². The topological polar surface area (TPSA) is 85.0 Å². The molecule has 0 radical (unpaired) electrons. The van der Waals surface area contributed by atoms with E-state index in [1.165, 1.54) is 6.07 Å². The van der Waals surface area contributed by atoms with Gasteiger partial charge in [0.1, 0.15) is 17.3 Å². The van der Waals surface area contributed by atoms with E-state index in [0.29, 0.717) is 22.9 Å². The Balaban J connectivity index is 1.60. The summed E-state index contributed by atoms with van der Waals surface area (Å²) in [7, 11) is 0. The van der Waals surface area contributed by atoms with Crippen LogP contribution in [0.25, 0.3) is 33.9 Å². The summed E-state index contributed by atoms with van der Waals surface area (Å²) in [5, 5.41) is 3.27. The second-order valence-corrected chi connectivity index (χ2v) is 6.56. The van der Waals surface area contributed by atoms with Gasteiger partial charge in [0, 0.05) is 23.5 Å². The maximum absolute atomic E-state index is 13.6. The molecule has 1 aromatic carbocycles. The lowest BCUT2D eigenvalue weighted by Gasteiger charge is -2.08. The van der Waals surface area contributed by atoms with Crippen molar-refractivity contribution in [1.29, 1.82) is 0 Å². The zero-order chi connectivity index (χ0) is 19.6. The molecule has 4 aromatic rings. The molecule has 0 spiro atoms. The van der Waals surface area contributed by atoms with Crippen molar-refractivity contribution in [1.82, 2.24) is 19.9 Å². The van der Waals surface area contributed by atoms with Crippen LogP contribution in [-0.4, -0.2) is 26.2 Å². The zero-order valence-corrected chi connectivity index (χ0v) is 14.6. The number of para-hydroxylation sites is 1. The third kappa shape index (κ3) is 2.37. The van der Waals surface area contributed by atoms with Gasteiger partial charge in [0.05, 0.1) is 23.1 Å². The third-order valence-electron chi connectivity index (χ3n) is 4.79. The number of hydrogen-bond donors (Lipinski definition) is 2. The summed E-state index contributed by atoms with van der Waals surface area (Å²) in [5.41, 5.74) is 4.11. The number of nitrogens with zero attached hydrogens (tertiary/aromatic N) is 3. The van der Waals surface area contributed by atoms with Crippen LogP contribution in [0.4, 0.5) is 20.3 Å². The minimum Gasteiger partial charge on any atom is -0.395 e. The minimum absolute atomic E-state index is 0.0348. The smallest absolute Gasteiger partial charge is 0.395 e. The quantitative estimate of drug-likeness (QED) is 0.435. The highest BCUT2D eigenvalue weighted by Crippen LogP contribution is 2.48. The summed E-state index contributed by atoms with van der Waals surface area (Å²) < 4.78 is 36.5. The normalized spacial score (nSPS) is 15.0. The van der Waals surface area contributed by atoms with Crippen LogP contribution in [0.15, 0.2) is 55.0 Å². The largest absolute Gasteiger partial charge is 0.586 e. The molecule has 3 aromatic heterocycles. The standard InChI is InChI=1S/C20H11F2N5O2/c21-20(22)28-14-5-1-3-12(17(14)29-20)19-26-15-10-6-8-23-9-13(10)25-18-11(16(15)27-19)4-2-7-24-18/h1-9H,(H,24,25)(H,26,27). The molecule has 0 amide bonds. The van der Waals surface area contributed by atoms with Crippen LogP contribution in [0.2, 0.25) is 0 Å². The van der Waals surface area contributed by atoms with Gasteiger partial charge in [0.2, 0.25) is 0 Å². The molecule has 142 valence electrons. The molecule has 2 N–H and O–H groups in total. The Morgan fingerprint density at radius 3 is 2.76 bits per heavy atom. The summed E-state index contributed by atoms with van der Waals surface area (Å²) in [6.07, 6.45) is 1.34. The number of imidazole rings is 1. The Hall–Kier alpha value is -4.01. The summed E-state index contributed by atoms with van der Waals surface area (Å²) in [6.45, 7) is 0. The molecule has 5 heterocycles. The number of hydrogen-bond acceptors (Lipinski definition) is 6. The van der Waals surface area contributed by atoms with Crippen molar-refractivity contribution in [3.8, 4) is 45.4 Å². The molecule has 0 atom stereocenters. The second kappa shape index (κ2) is 5.51. The number of ether oxygens (including phenoxy) is 2. The summed E-state index contributed by atoms with van der Waals surface area (Å²) >= 11 is 0. The number of alkyl halides is 2. The highest BCUT2D eigenvalue weighted by Gasteiger charge is 2.45. The van der Waals surface area contributed by atoms with Gasteiger partial charge in [-0.15, -0.1) is 8.78 Å². The van der Waals surface area contributed by atoms with Crippen molar-refractivity contribution in [2.45, 2.75) is 6.29 Å². The Kier molecular flexibility index (Phi) is 3.04. The Bertz CT molecular complexity index is 1220. The third-order valence-corrected chi connectivity index (χ3v) is 4.79. The lowest BCUT2D eigenvalue weighted by Crippen LogP contribution is -2.26. The monoisotopic (exact) mass is 391 g/mol. The fourth-order valence-electron chi connectivity index (χ4n) is 3.58. The summed E-state index contributed by atoms with van der Waals surface area (Å²) in [6, 6.07) is 10.2. The van der Waals surface area contributed by atoms with Crippen LogP contribution >= 0.6 is 0 Å². The van der Waals surface area contributed by atoms with Gasteiger partial charge in [-0.1, -0.05) is 6.07 Å². The van der Waals surface area contributed by atoms with Crippen LogP contribution in [0, 0.1) is 0 Å². The van der Waals surface area contributed by atoms with Gasteiger partial charge >= 0.3 is 6.29 Å². The highest BCUT2D eigenvalue weighted by molar-refractivity contribution is 5.95. The summed E-state index contributed by atoms with van der Waals surface area (Å²) in [5.74, 6) is 0.920. The maximum atomic E-state index is 13.6. The van der Waals surface area contributed by atoms with Crippen LogP contribution in [0.5, 0.6) is 11.5 Å². The molecule has 29 heavy (non-hydrogen) atoms. The number of halogens is 2. The zero-order valence-electron chi connectivity index (χ0n) is 14.6. The van der Waals surface area contributed by atoms with E-state index in [1.807, 2.05) is 18.2 Å². The molecular weight excluding hydrogens is 380 g/mol. The van der Waals surface area contributed by atoms with Gasteiger partial charge in [-0.25, -0.2) is 9.97 Å². The van der Waals surface area contributed by atoms with E-state index in [1.54, 1.807) is 30.7 Å². The molecule has 0 saturated heterocycles. The van der Waals surface area contributed by atoms with Gasteiger partial charge in [0.25, 0.3) is 0 Å². The molecule has 2 aliphatic rings. The molecule has 0 unspecified atom stereocenters. The minimum atomic E-state index is -3.71. The Labute approximate surface area is 162 Å². The van der Waals surface area contributed by atoms with Gasteiger partial charge in [-0.2, -0.15) is 0 Å². The van der Waals surface area contributed by atoms with E-state index in [0.717, 1.165) is 22.5 Å². The number of anilines is 2. The fourth-order valence-corrected chi connectivity index (χ4v) is 3.58. The molecular formula is C20H11F2N5O2. The van der Waals surface area contributed by atoms with E-state index < -0.39 is 6.29 Å². The summed E-state index contributed by atoms with van der Waals surface area (Å²) in [4.78, 5) is 16.5. The predicted molar refractivity (Wildman–Crippen MR) is 100.0 cm³/mol. The van der Waals surface area contributed by atoms with Crippen LogP contribution in [0.3, 0.4) is 0 Å². The van der Waals surface area contributed by atoms with Gasteiger partial charge in [0.15, 0.2) is 11.5 Å². The average molecular weight is 391 g/mol. The number of pyridine rings is 2. The van der Waals surface area contributed by atoms with Crippen molar-refractivity contribution in [2.24, 2.45) is 0 Å². The molecule has 2 aliphatic heterocycles. The first kappa shape index (κ1) is 16.0. The lowest BCUT2D eigenvalue weighted by molar-refractivity contribution is -0.286. The maximum Gasteiger partial charge on any atom is 0.586 e. The Morgan fingerprint density at radius 1 is 0.931 bits per heavy atom. The van der Waals surface area contributed by atoms with Gasteiger partial charge < -0.3 is 19.8 Å². The first-order valence-electron chi connectivity index (χ1n) is 8.75.